The van der Waals surface area contributed by atoms with E-state index in [9.17, 15) is 20.0 Å². The number of amides is 1. The lowest BCUT2D eigenvalue weighted by Crippen LogP contribution is -2.17. The molecular formula is C24H14ClN3O4S3. The van der Waals surface area contributed by atoms with Gasteiger partial charge in [-0.25, -0.2) is 4.79 Å². The highest BCUT2D eigenvalue weighted by Gasteiger charge is 2.53. The molecule has 0 spiro atoms. The van der Waals surface area contributed by atoms with E-state index in [-0.39, 0.29) is 18.0 Å². The lowest BCUT2D eigenvalue weighted by molar-refractivity contribution is -0.139. The van der Waals surface area contributed by atoms with E-state index in [0.717, 1.165) is 30.7 Å². The Kier molecular flexibility index (Phi) is 6.22. The molecule has 7 nitrogen and oxygen atoms in total. The number of fused-ring (bicyclic) bond motifs is 1. The molecule has 174 valence electrons. The van der Waals surface area contributed by atoms with Crippen LogP contribution in [0.1, 0.15) is 38.7 Å². The summed E-state index contributed by atoms with van der Waals surface area (Å²) in [6.45, 7) is -0.0247. The van der Waals surface area contributed by atoms with Crippen LogP contribution in [0.25, 0.3) is 9.40 Å². The number of carboxylic acid groups (broad SMARTS) is 1. The molecule has 3 aromatic heterocycles. The maximum atomic E-state index is 12.3. The molecule has 35 heavy (non-hydrogen) atoms. The van der Waals surface area contributed by atoms with E-state index in [1.165, 1.54) is 22.7 Å². The summed E-state index contributed by atoms with van der Waals surface area (Å²) in [5.41, 5.74) is 0.193. The number of carbonyl (C=O) groups is 2. The molecule has 1 saturated carbocycles. The highest BCUT2D eigenvalue weighted by atomic mass is 35.5. The number of nitrogens with one attached hydrogen (secondary N) is 1. The van der Waals surface area contributed by atoms with Gasteiger partial charge in [-0.05, 0) is 54.4 Å². The lowest BCUT2D eigenvalue weighted by Gasteiger charge is -2.07. The number of hydrogen-bond donors (Lipinski definition) is 2. The molecular weight excluding hydrogens is 526 g/mol. The van der Waals surface area contributed by atoms with Gasteiger partial charge in [0, 0.05) is 24.9 Å². The van der Waals surface area contributed by atoms with Crippen LogP contribution < -0.4 is 5.32 Å². The van der Waals surface area contributed by atoms with Gasteiger partial charge in [-0.2, -0.15) is 9.64 Å². The van der Waals surface area contributed by atoms with Crippen LogP contribution >= 0.6 is 45.8 Å². The van der Waals surface area contributed by atoms with E-state index in [1.807, 2.05) is 18.2 Å². The molecule has 2 N–H and O–H groups in total. The van der Waals surface area contributed by atoms with Crippen molar-refractivity contribution in [1.29, 1.82) is 5.26 Å². The molecule has 1 fully saturated rings. The highest BCUT2D eigenvalue weighted by Crippen LogP contribution is 2.52. The highest BCUT2D eigenvalue weighted by molar-refractivity contribution is 7.28. The fraction of sp³-hybridized carbons (Fsp3) is 0.167. The molecule has 1 aliphatic carbocycles. The summed E-state index contributed by atoms with van der Waals surface area (Å²) >= 11 is 10.1. The van der Waals surface area contributed by atoms with Crippen molar-refractivity contribution < 1.29 is 19.4 Å². The van der Waals surface area contributed by atoms with Crippen molar-refractivity contribution >= 4 is 73.0 Å². The van der Waals surface area contributed by atoms with Crippen LogP contribution in [-0.2, 0) is 21.6 Å². The number of hydrogen-bond acceptors (Lipinski definition) is 8. The maximum absolute atomic E-state index is 12.3. The molecule has 11 heteroatoms. The first-order valence-electron chi connectivity index (χ1n) is 10.3. The number of anilines is 1. The molecule has 0 radical (unpaired) electrons. The molecule has 5 rings (SSSR count). The predicted octanol–water partition coefficient (Wildman–Crippen LogP) is 6.21. The van der Waals surface area contributed by atoms with E-state index < -0.39 is 17.5 Å². The van der Waals surface area contributed by atoms with Crippen LogP contribution in [0.3, 0.4) is 0 Å². The van der Waals surface area contributed by atoms with E-state index in [2.05, 4.69) is 21.5 Å². The summed E-state index contributed by atoms with van der Waals surface area (Å²) in [6.07, 6.45) is 0.596. The van der Waals surface area contributed by atoms with Gasteiger partial charge >= 0.3 is 12.1 Å². The number of rotatable bonds is 5. The van der Waals surface area contributed by atoms with Crippen molar-refractivity contribution in [3.05, 3.63) is 67.3 Å². The maximum Gasteiger partial charge on any atom is 0.412 e. The van der Waals surface area contributed by atoms with Crippen LogP contribution in [0.4, 0.5) is 10.5 Å². The fourth-order valence-corrected chi connectivity index (χ4v) is 6.74. The van der Waals surface area contributed by atoms with Crippen molar-refractivity contribution in [1.82, 2.24) is 4.37 Å². The Morgan fingerprint density at radius 3 is 2.66 bits per heavy atom. The average Bonchev–Trinajstić information content (AvgIpc) is 3.23. The van der Waals surface area contributed by atoms with Crippen molar-refractivity contribution in [3.8, 4) is 17.9 Å². The van der Waals surface area contributed by atoms with Crippen LogP contribution in [0, 0.1) is 23.2 Å². The number of carbonyl (C=O) groups excluding carboxylic acids is 1. The number of aromatic nitrogens is 1. The zero-order valence-electron chi connectivity index (χ0n) is 17.8. The van der Waals surface area contributed by atoms with Crippen molar-refractivity contribution in [3.63, 3.8) is 0 Å². The number of benzene rings is 1. The van der Waals surface area contributed by atoms with E-state index in [1.54, 1.807) is 24.3 Å². The minimum Gasteiger partial charge on any atom is -0.481 e. The number of nitriles is 1. The fourth-order valence-electron chi connectivity index (χ4n) is 3.41. The van der Waals surface area contributed by atoms with E-state index in [0.29, 0.717) is 28.3 Å². The molecule has 0 unspecified atom stereocenters. The van der Waals surface area contributed by atoms with Crippen molar-refractivity contribution in [2.75, 3.05) is 5.32 Å². The van der Waals surface area contributed by atoms with Crippen LogP contribution in [0.2, 0.25) is 5.02 Å². The summed E-state index contributed by atoms with van der Waals surface area (Å²) < 4.78 is 11.3. The second kappa shape index (κ2) is 9.33. The summed E-state index contributed by atoms with van der Waals surface area (Å²) in [7, 11) is 0. The quantitative estimate of drug-likeness (QED) is 0.292. The third-order valence-corrected chi connectivity index (χ3v) is 9.02. The van der Waals surface area contributed by atoms with Gasteiger partial charge in [-0.15, -0.1) is 22.7 Å². The normalized spacial score (nSPS) is 13.5. The predicted molar refractivity (Wildman–Crippen MR) is 136 cm³/mol. The first-order chi connectivity index (χ1) is 16.9. The van der Waals surface area contributed by atoms with Crippen LogP contribution in [0.15, 0.2) is 36.4 Å². The standard InChI is InChI=1S/C24H14ClN3O4S3/c25-15-4-2-1-3-13(15)12-32-23(31)27-21-16(11-26)28-35-17(21)6-5-14-9-18-19(33-14)10-20(34-18)24(7-8-24)22(29)30/h1-4,9-10H,7-8,12H2,(H,27,31)(H,29,30). The molecule has 1 amide bonds. The second-order valence-corrected chi connectivity index (χ2v) is 11.1. The number of carboxylic acids is 1. The molecule has 0 saturated heterocycles. The Bertz CT molecular complexity index is 1550. The molecule has 0 atom stereocenters. The Hall–Kier alpha value is -3.41. The summed E-state index contributed by atoms with van der Waals surface area (Å²) in [4.78, 5) is 26.0. The Labute approximate surface area is 216 Å². The SMILES string of the molecule is N#Cc1nsc(C#Cc2cc3sc(C4(C(=O)O)CC4)cc3s2)c1NC(=O)OCc1ccccc1Cl. The minimum atomic E-state index is -0.768. The number of nitrogens with zero attached hydrogens (tertiary/aromatic N) is 2. The molecule has 0 bridgehead atoms. The van der Waals surface area contributed by atoms with Crippen molar-refractivity contribution in [2.45, 2.75) is 24.9 Å². The lowest BCUT2D eigenvalue weighted by atomic mass is 10.1. The van der Waals surface area contributed by atoms with Gasteiger partial charge in [0.15, 0.2) is 5.69 Å². The van der Waals surface area contributed by atoms with Gasteiger partial charge in [0.1, 0.15) is 28.7 Å². The summed E-state index contributed by atoms with van der Waals surface area (Å²) in [5.74, 6) is 5.27. The largest absolute Gasteiger partial charge is 0.481 e. The summed E-state index contributed by atoms with van der Waals surface area (Å²) in [5, 5.41) is 21.9. The van der Waals surface area contributed by atoms with E-state index >= 15 is 0 Å². The molecule has 1 aliphatic rings. The third-order valence-electron chi connectivity index (χ3n) is 5.48. The van der Waals surface area contributed by atoms with E-state index in [4.69, 9.17) is 16.3 Å². The number of thiophene rings is 2. The number of halogens is 1. The van der Waals surface area contributed by atoms with Gasteiger partial charge in [0.2, 0.25) is 0 Å². The Morgan fingerprint density at radius 1 is 1.20 bits per heavy atom. The Balaban J connectivity index is 1.32. The Morgan fingerprint density at radius 2 is 1.97 bits per heavy atom. The zero-order valence-corrected chi connectivity index (χ0v) is 21.0. The third kappa shape index (κ3) is 4.62. The van der Waals surface area contributed by atoms with Crippen molar-refractivity contribution in [2.24, 2.45) is 0 Å². The van der Waals surface area contributed by atoms with Crippen LogP contribution in [0.5, 0.6) is 0 Å². The van der Waals surface area contributed by atoms with Gasteiger partial charge in [0.05, 0.1) is 4.88 Å². The molecule has 4 aromatic rings. The first-order valence-corrected chi connectivity index (χ1v) is 13.0. The topological polar surface area (TPSA) is 112 Å². The molecule has 1 aromatic carbocycles. The molecule has 0 aliphatic heterocycles. The monoisotopic (exact) mass is 539 g/mol. The first kappa shape index (κ1) is 23.3. The average molecular weight is 540 g/mol. The minimum absolute atomic E-state index is 0.0247. The van der Waals surface area contributed by atoms with Gasteiger partial charge in [0.25, 0.3) is 0 Å². The van der Waals surface area contributed by atoms with Gasteiger partial charge in [-0.1, -0.05) is 29.8 Å². The molecule has 3 heterocycles. The second-order valence-electron chi connectivity index (χ2n) is 7.73. The van der Waals surface area contributed by atoms with Crippen LogP contribution in [-0.4, -0.2) is 21.5 Å². The van der Waals surface area contributed by atoms with Gasteiger partial charge in [-0.3, -0.25) is 10.1 Å². The number of aliphatic carboxylic acids is 1. The van der Waals surface area contributed by atoms with Gasteiger partial charge < -0.3 is 9.84 Å². The smallest absolute Gasteiger partial charge is 0.412 e. The number of ether oxygens (including phenoxy) is 1. The zero-order chi connectivity index (χ0) is 24.6. The summed E-state index contributed by atoms with van der Waals surface area (Å²) in [6, 6.07) is 12.8.